The summed E-state index contributed by atoms with van der Waals surface area (Å²) in [6, 6.07) is 0. The van der Waals surface area contributed by atoms with Crippen molar-refractivity contribution < 1.29 is 0 Å². The molecule has 0 heterocycles. The molecule has 1 atom stereocenters. The van der Waals surface area contributed by atoms with E-state index in [9.17, 15) is 0 Å². The lowest BCUT2D eigenvalue weighted by atomic mass is 9.84. The van der Waals surface area contributed by atoms with Crippen LogP contribution in [0.4, 0.5) is 0 Å². The standard InChI is InChI=1S/C10H18.2C2H6.CH4/c1-2-9-8-10(9)6-4-3-5-7-10;2*1-2;/h9H,2-8H2,1H3;2*1-2H3;1H4. The lowest BCUT2D eigenvalue weighted by molar-refractivity contribution is 0.305. The summed E-state index contributed by atoms with van der Waals surface area (Å²) in [5.74, 6) is 1.13. The Balaban J connectivity index is 0. The molecule has 0 aromatic rings. The van der Waals surface area contributed by atoms with Gasteiger partial charge in [0.15, 0.2) is 0 Å². The van der Waals surface area contributed by atoms with Crippen molar-refractivity contribution in [2.75, 3.05) is 0 Å². The van der Waals surface area contributed by atoms with Crippen molar-refractivity contribution in [3.8, 4) is 0 Å². The Kier molecular flexibility index (Phi) is 10.7. The maximum atomic E-state index is 2.36. The van der Waals surface area contributed by atoms with Crippen molar-refractivity contribution in [3.63, 3.8) is 0 Å². The van der Waals surface area contributed by atoms with Gasteiger partial charge in [-0.3, -0.25) is 0 Å². The lowest BCUT2D eigenvalue weighted by Crippen LogP contribution is -2.08. The van der Waals surface area contributed by atoms with E-state index in [-0.39, 0.29) is 7.43 Å². The first-order valence-electron chi connectivity index (χ1n) is 6.87. The van der Waals surface area contributed by atoms with Crippen molar-refractivity contribution in [1.82, 2.24) is 0 Å². The summed E-state index contributed by atoms with van der Waals surface area (Å²) in [6.07, 6.45) is 10.7. The zero-order valence-electron chi connectivity index (χ0n) is 11.0. The minimum Gasteiger partial charge on any atom is -0.0776 e. The predicted molar refractivity (Wildman–Crippen MR) is 73.3 cm³/mol. The smallest absolute Gasteiger partial charge is 0.0266 e. The molecule has 94 valence electrons. The highest BCUT2D eigenvalue weighted by Gasteiger charge is 2.51. The van der Waals surface area contributed by atoms with E-state index in [1.807, 2.05) is 27.7 Å². The molecule has 0 nitrogen and oxygen atoms in total. The van der Waals surface area contributed by atoms with E-state index in [1.54, 1.807) is 19.3 Å². The van der Waals surface area contributed by atoms with Gasteiger partial charge in [0, 0.05) is 0 Å². The van der Waals surface area contributed by atoms with E-state index in [1.165, 1.54) is 25.7 Å². The monoisotopic (exact) mass is 214 g/mol. The van der Waals surface area contributed by atoms with Gasteiger partial charge >= 0.3 is 0 Å². The molecule has 2 fully saturated rings. The van der Waals surface area contributed by atoms with Crippen LogP contribution < -0.4 is 0 Å². The predicted octanol–water partition coefficient (Wildman–Crippen LogP) is 6.06. The normalized spacial score (nSPS) is 25.0. The molecule has 0 aliphatic heterocycles. The van der Waals surface area contributed by atoms with Crippen LogP contribution in [0.25, 0.3) is 0 Å². The molecule has 0 amide bonds. The van der Waals surface area contributed by atoms with E-state index in [4.69, 9.17) is 0 Å². The molecule has 2 rings (SSSR count). The Labute approximate surface area is 98.9 Å². The molecule has 0 N–H and O–H groups in total. The molecular weight excluding hydrogens is 180 g/mol. The topological polar surface area (TPSA) is 0 Å². The average Bonchev–Trinajstić information content (AvgIpc) is 2.98. The third-order valence-corrected chi connectivity index (χ3v) is 3.70. The third kappa shape index (κ3) is 4.57. The molecule has 2 aliphatic carbocycles. The third-order valence-electron chi connectivity index (χ3n) is 3.70. The van der Waals surface area contributed by atoms with Crippen molar-refractivity contribution in [1.29, 1.82) is 0 Å². The SMILES string of the molecule is C.CC.CC.CCC1CC12CCCCC2. The van der Waals surface area contributed by atoms with Gasteiger partial charge in [-0.15, -0.1) is 0 Å². The molecule has 0 aromatic heterocycles. The zero-order chi connectivity index (χ0) is 11.0. The van der Waals surface area contributed by atoms with Gasteiger partial charge in [0.05, 0.1) is 0 Å². The van der Waals surface area contributed by atoms with Crippen LogP contribution in [0.2, 0.25) is 0 Å². The molecule has 0 radical (unpaired) electrons. The number of hydrogen-bond acceptors (Lipinski definition) is 0. The molecule has 0 saturated heterocycles. The van der Waals surface area contributed by atoms with E-state index in [2.05, 4.69) is 6.92 Å². The Hall–Kier alpha value is 0. The first kappa shape index (κ1) is 17.4. The van der Waals surface area contributed by atoms with Gasteiger partial charge in [-0.05, 0) is 30.6 Å². The highest BCUT2D eigenvalue weighted by atomic mass is 14.6. The minimum atomic E-state index is 0. The summed E-state index contributed by atoms with van der Waals surface area (Å²) in [5, 5.41) is 0. The lowest BCUT2D eigenvalue weighted by Gasteiger charge is -2.21. The number of hydrogen-bond donors (Lipinski definition) is 0. The van der Waals surface area contributed by atoms with E-state index >= 15 is 0 Å². The molecule has 1 spiro atoms. The molecule has 1 unspecified atom stereocenters. The van der Waals surface area contributed by atoms with Crippen LogP contribution in [-0.4, -0.2) is 0 Å². The molecule has 15 heavy (non-hydrogen) atoms. The van der Waals surface area contributed by atoms with Gasteiger partial charge in [0.25, 0.3) is 0 Å². The van der Waals surface area contributed by atoms with Crippen LogP contribution in [-0.2, 0) is 0 Å². The molecule has 0 heteroatoms. The Morgan fingerprint density at radius 2 is 1.40 bits per heavy atom. The summed E-state index contributed by atoms with van der Waals surface area (Å²) < 4.78 is 0. The van der Waals surface area contributed by atoms with Crippen molar-refractivity contribution in [2.45, 2.75) is 87.0 Å². The highest BCUT2D eigenvalue weighted by Crippen LogP contribution is 2.62. The fraction of sp³-hybridized carbons (Fsp3) is 1.00. The highest BCUT2D eigenvalue weighted by molar-refractivity contribution is 5.02. The van der Waals surface area contributed by atoms with Gasteiger partial charge < -0.3 is 0 Å². The van der Waals surface area contributed by atoms with Crippen LogP contribution in [0.3, 0.4) is 0 Å². The summed E-state index contributed by atoms with van der Waals surface area (Å²) >= 11 is 0. The summed E-state index contributed by atoms with van der Waals surface area (Å²) in [5.41, 5.74) is 0.896. The molecule has 0 aromatic carbocycles. The number of rotatable bonds is 1. The second-order valence-corrected chi connectivity index (χ2v) is 4.23. The van der Waals surface area contributed by atoms with Crippen LogP contribution in [0, 0.1) is 11.3 Å². The van der Waals surface area contributed by atoms with Crippen molar-refractivity contribution in [3.05, 3.63) is 0 Å². The first-order valence-corrected chi connectivity index (χ1v) is 6.87. The van der Waals surface area contributed by atoms with Crippen molar-refractivity contribution in [2.24, 2.45) is 11.3 Å². The quantitative estimate of drug-likeness (QED) is 0.498. The van der Waals surface area contributed by atoms with Crippen LogP contribution in [0.5, 0.6) is 0 Å². The Morgan fingerprint density at radius 3 is 1.73 bits per heavy atom. The Bertz CT molecular complexity index is 120. The van der Waals surface area contributed by atoms with Crippen molar-refractivity contribution >= 4 is 0 Å². The first-order chi connectivity index (χ1) is 6.87. The van der Waals surface area contributed by atoms with E-state index < -0.39 is 0 Å². The van der Waals surface area contributed by atoms with E-state index in [0.29, 0.717) is 0 Å². The van der Waals surface area contributed by atoms with Crippen LogP contribution in [0.15, 0.2) is 0 Å². The van der Waals surface area contributed by atoms with E-state index in [0.717, 1.165) is 11.3 Å². The van der Waals surface area contributed by atoms with Gasteiger partial charge in [-0.2, -0.15) is 0 Å². The van der Waals surface area contributed by atoms with Crippen LogP contribution >= 0.6 is 0 Å². The summed E-state index contributed by atoms with van der Waals surface area (Å²) in [7, 11) is 0. The zero-order valence-corrected chi connectivity index (χ0v) is 11.0. The molecular formula is C15H34. The van der Waals surface area contributed by atoms with Gasteiger partial charge in [0.1, 0.15) is 0 Å². The molecule has 0 bridgehead atoms. The summed E-state index contributed by atoms with van der Waals surface area (Å²) in [4.78, 5) is 0. The largest absolute Gasteiger partial charge is 0.0776 e. The maximum Gasteiger partial charge on any atom is -0.0266 e. The maximum absolute atomic E-state index is 2.36. The van der Waals surface area contributed by atoms with Gasteiger partial charge in [0.2, 0.25) is 0 Å². The second kappa shape index (κ2) is 9.24. The molecule has 2 aliphatic rings. The minimum absolute atomic E-state index is 0. The fourth-order valence-corrected chi connectivity index (χ4v) is 2.88. The molecule has 2 saturated carbocycles. The Morgan fingerprint density at radius 1 is 0.933 bits per heavy atom. The fourth-order valence-electron chi connectivity index (χ4n) is 2.88. The van der Waals surface area contributed by atoms with Gasteiger partial charge in [-0.25, -0.2) is 0 Å². The second-order valence-electron chi connectivity index (χ2n) is 4.23. The average molecular weight is 214 g/mol. The van der Waals surface area contributed by atoms with Gasteiger partial charge in [-0.1, -0.05) is 67.7 Å². The summed E-state index contributed by atoms with van der Waals surface area (Å²) in [6.45, 7) is 10.4. The van der Waals surface area contributed by atoms with Crippen LogP contribution in [0.1, 0.15) is 87.0 Å².